The van der Waals surface area contributed by atoms with Crippen LogP contribution in [0, 0.1) is 4.64 Å². The normalized spacial score (nSPS) is 16.7. The molecule has 0 radical (unpaired) electrons. The number of hydrogen-bond acceptors (Lipinski definition) is 3. The van der Waals surface area contributed by atoms with Crippen LogP contribution in [0.2, 0.25) is 0 Å². The molecule has 0 bridgehead atoms. The van der Waals surface area contributed by atoms with Crippen molar-refractivity contribution in [3.8, 4) is 0 Å². The average molecular weight is 249 g/mol. The SMILES string of the molecule is C=CCNc1cc(=S)nc(C2CCCCC2)[nH]1. The summed E-state index contributed by atoms with van der Waals surface area (Å²) in [6.45, 7) is 4.43. The molecule has 17 heavy (non-hydrogen) atoms. The van der Waals surface area contributed by atoms with Gasteiger partial charge < -0.3 is 10.3 Å². The fourth-order valence-electron chi connectivity index (χ4n) is 2.32. The number of nitrogens with one attached hydrogen (secondary N) is 2. The Morgan fingerprint density at radius 2 is 2.24 bits per heavy atom. The zero-order chi connectivity index (χ0) is 12.1. The number of nitrogens with zero attached hydrogens (tertiary/aromatic N) is 1. The quantitative estimate of drug-likeness (QED) is 0.630. The average Bonchev–Trinajstić information content (AvgIpc) is 2.37. The van der Waals surface area contributed by atoms with Gasteiger partial charge in [-0.2, -0.15) is 0 Å². The molecule has 1 aromatic heterocycles. The van der Waals surface area contributed by atoms with Crippen molar-refractivity contribution in [2.75, 3.05) is 11.9 Å². The summed E-state index contributed by atoms with van der Waals surface area (Å²) in [5, 5.41) is 3.23. The molecule has 1 aliphatic rings. The first kappa shape index (κ1) is 12.3. The molecule has 0 unspecified atom stereocenters. The van der Waals surface area contributed by atoms with E-state index in [-0.39, 0.29) is 0 Å². The maximum Gasteiger partial charge on any atom is 0.131 e. The van der Waals surface area contributed by atoms with E-state index < -0.39 is 0 Å². The molecule has 2 rings (SSSR count). The van der Waals surface area contributed by atoms with Crippen LogP contribution in [0.25, 0.3) is 0 Å². The monoisotopic (exact) mass is 249 g/mol. The molecule has 0 spiro atoms. The second-order valence-corrected chi connectivity index (χ2v) is 4.94. The molecule has 0 saturated heterocycles. The largest absolute Gasteiger partial charge is 0.368 e. The molecule has 0 aromatic carbocycles. The Bertz CT molecular complexity index is 433. The lowest BCUT2D eigenvalue weighted by atomic mass is 9.89. The van der Waals surface area contributed by atoms with Crippen molar-refractivity contribution >= 4 is 18.0 Å². The third kappa shape index (κ3) is 3.40. The van der Waals surface area contributed by atoms with Gasteiger partial charge in [0, 0.05) is 18.5 Å². The van der Waals surface area contributed by atoms with Gasteiger partial charge in [-0.1, -0.05) is 37.6 Å². The van der Waals surface area contributed by atoms with E-state index in [9.17, 15) is 0 Å². The van der Waals surface area contributed by atoms with Gasteiger partial charge in [0.2, 0.25) is 0 Å². The molecule has 1 heterocycles. The van der Waals surface area contributed by atoms with Gasteiger partial charge >= 0.3 is 0 Å². The van der Waals surface area contributed by atoms with Crippen molar-refractivity contribution in [2.24, 2.45) is 0 Å². The first-order valence-electron chi connectivity index (χ1n) is 6.25. The second-order valence-electron chi connectivity index (χ2n) is 4.52. The minimum Gasteiger partial charge on any atom is -0.368 e. The molecular formula is C13H19N3S. The van der Waals surface area contributed by atoms with Crippen LogP contribution >= 0.6 is 12.2 Å². The number of anilines is 1. The molecule has 0 amide bonds. The van der Waals surface area contributed by atoms with Crippen LogP contribution in [0.3, 0.4) is 0 Å². The maximum atomic E-state index is 5.21. The first-order chi connectivity index (χ1) is 8.29. The Balaban J connectivity index is 2.17. The van der Waals surface area contributed by atoms with Crippen molar-refractivity contribution in [3.63, 3.8) is 0 Å². The van der Waals surface area contributed by atoms with Crippen LogP contribution in [-0.4, -0.2) is 16.5 Å². The first-order valence-corrected chi connectivity index (χ1v) is 6.66. The minimum absolute atomic E-state index is 0.552. The topological polar surface area (TPSA) is 40.7 Å². The molecule has 1 aliphatic carbocycles. The van der Waals surface area contributed by atoms with Crippen LogP contribution in [0.4, 0.5) is 5.82 Å². The van der Waals surface area contributed by atoms with Crippen molar-refractivity contribution in [2.45, 2.75) is 38.0 Å². The number of rotatable bonds is 4. The van der Waals surface area contributed by atoms with Crippen LogP contribution in [-0.2, 0) is 0 Å². The van der Waals surface area contributed by atoms with E-state index in [1.54, 1.807) is 0 Å². The van der Waals surface area contributed by atoms with E-state index in [1.807, 2.05) is 12.1 Å². The van der Waals surface area contributed by atoms with Gasteiger partial charge in [0.25, 0.3) is 0 Å². The van der Waals surface area contributed by atoms with Crippen LogP contribution in [0.5, 0.6) is 0 Å². The molecule has 92 valence electrons. The lowest BCUT2D eigenvalue weighted by Gasteiger charge is -2.21. The summed E-state index contributed by atoms with van der Waals surface area (Å²) in [5.74, 6) is 2.55. The molecule has 0 aliphatic heterocycles. The Labute approximate surface area is 107 Å². The van der Waals surface area contributed by atoms with Gasteiger partial charge in [-0.05, 0) is 12.8 Å². The minimum atomic E-state index is 0.552. The van der Waals surface area contributed by atoms with Gasteiger partial charge in [0.05, 0.1) is 0 Å². The summed E-state index contributed by atoms with van der Waals surface area (Å²) in [5.41, 5.74) is 0. The highest BCUT2D eigenvalue weighted by atomic mass is 32.1. The van der Waals surface area contributed by atoms with Crippen molar-refractivity contribution in [1.82, 2.24) is 9.97 Å². The van der Waals surface area contributed by atoms with Crippen molar-refractivity contribution in [1.29, 1.82) is 0 Å². The molecule has 4 heteroatoms. The number of hydrogen-bond donors (Lipinski definition) is 2. The fourth-order valence-corrected chi connectivity index (χ4v) is 2.54. The standard InChI is InChI=1S/C13H19N3S/c1-2-8-14-11-9-12(17)16-13(15-11)10-6-4-3-5-7-10/h2,9-10H,1,3-8H2,(H2,14,15,16,17). The molecular weight excluding hydrogens is 230 g/mol. The Morgan fingerprint density at radius 3 is 2.94 bits per heavy atom. The molecule has 2 N–H and O–H groups in total. The Kier molecular flexibility index (Phi) is 4.31. The summed E-state index contributed by atoms with van der Waals surface area (Å²) in [7, 11) is 0. The van der Waals surface area contributed by atoms with Crippen LogP contribution in [0.15, 0.2) is 18.7 Å². The van der Waals surface area contributed by atoms with Gasteiger partial charge in [0.1, 0.15) is 16.3 Å². The predicted octanol–water partition coefficient (Wildman–Crippen LogP) is 3.78. The van der Waals surface area contributed by atoms with E-state index >= 15 is 0 Å². The van der Waals surface area contributed by atoms with Gasteiger partial charge in [-0.25, -0.2) is 4.98 Å². The lowest BCUT2D eigenvalue weighted by molar-refractivity contribution is 0.428. The van der Waals surface area contributed by atoms with E-state index in [4.69, 9.17) is 12.2 Å². The van der Waals surface area contributed by atoms with Gasteiger partial charge in [-0.15, -0.1) is 6.58 Å². The maximum absolute atomic E-state index is 5.21. The predicted molar refractivity (Wildman–Crippen MR) is 73.9 cm³/mol. The Hall–Kier alpha value is -1.16. The van der Waals surface area contributed by atoms with Gasteiger partial charge in [-0.3, -0.25) is 0 Å². The van der Waals surface area contributed by atoms with E-state index in [2.05, 4.69) is 21.9 Å². The zero-order valence-corrected chi connectivity index (χ0v) is 10.9. The lowest BCUT2D eigenvalue weighted by Crippen LogP contribution is -2.11. The molecule has 1 aromatic rings. The summed E-state index contributed by atoms with van der Waals surface area (Å²) in [6, 6.07) is 1.87. The molecule has 1 fully saturated rings. The summed E-state index contributed by atoms with van der Waals surface area (Å²) >= 11 is 5.21. The molecule has 1 saturated carbocycles. The third-order valence-electron chi connectivity index (χ3n) is 3.19. The van der Waals surface area contributed by atoms with Crippen molar-refractivity contribution < 1.29 is 0 Å². The van der Waals surface area contributed by atoms with Crippen LogP contribution in [0.1, 0.15) is 43.8 Å². The van der Waals surface area contributed by atoms with E-state index in [0.29, 0.717) is 10.6 Å². The Morgan fingerprint density at radius 1 is 1.47 bits per heavy atom. The number of aromatic amines is 1. The highest BCUT2D eigenvalue weighted by Gasteiger charge is 2.17. The molecule has 3 nitrogen and oxygen atoms in total. The summed E-state index contributed by atoms with van der Waals surface area (Å²) in [4.78, 5) is 7.81. The van der Waals surface area contributed by atoms with Crippen LogP contribution < -0.4 is 5.32 Å². The summed E-state index contributed by atoms with van der Waals surface area (Å²) < 4.78 is 0.663. The number of aromatic nitrogens is 2. The fraction of sp³-hybridized carbons (Fsp3) is 0.538. The van der Waals surface area contributed by atoms with E-state index in [0.717, 1.165) is 18.2 Å². The van der Waals surface area contributed by atoms with Gasteiger partial charge in [0.15, 0.2) is 0 Å². The van der Waals surface area contributed by atoms with Crippen molar-refractivity contribution in [3.05, 3.63) is 29.2 Å². The second kappa shape index (κ2) is 5.96. The van der Waals surface area contributed by atoms with E-state index in [1.165, 1.54) is 32.1 Å². The zero-order valence-electron chi connectivity index (χ0n) is 10.0. The molecule has 0 atom stereocenters. The number of H-pyrrole nitrogens is 1. The third-order valence-corrected chi connectivity index (χ3v) is 3.40. The highest BCUT2D eigenvalue weighted by molar-refractivity contribution is 7.71. The smallest absolute Gasteiger partial charge is 0.131 e. The summed E-state index contributed by atoms with van der Waals surface area (Å²) in [6.07, 6.45) is 8.24. The highest BCUT2D eigenvalue weighted by Crippen LogP contribution is 2.30.